The number of anilines is 1. The maximum Gasteiger partial charge on any atom is 0.0451 e. The van der Waals surface area contributed by atoms with Gasteiger partial charge in [0, 0.05) is 38.0 Å². The Bertz CT molecular complexity index is 363. The van der Waals surface area contributed by atoms with E-state index in [9.17, 15) is 5.11 Å². The van der Waals surface area contributed by atoms with Crippen molar-refractivity contribution >= 4 is 5.69 Å². The van der Waals surface area contributed by atoms with Crippen molar-refractivity contribution in [2.45, 2.75) is 25.8 Å². The number of nitrogens with zero attached hydrogens (tertiary/aromatic N) is 2. The third-order valence-corrected chi connectivity index (χ3v) is 3.82. The maximum atomic E-state index is 9.21. The van der Waals surface area contributed by atoms with Crippen molar-refractivity contribution in [2.24, 2.45) is 0 Å². The average molecular weight is 248 g/mol. The number of likely N-dealkylation sites (N-methyl/N-ethyl adjacent to an activating group) is 1. The van der Waals surface area contributed by atoms with Crippen molar-refractivity contribution in [1.82, 2.24) is 4.90 Å². The molecule has 1 heterocycles. The summed E-state index contributed by atoms with van der Waals surface area (Å²) in [6.45, 7) is 5.63. The topological polar surface area (TPSA) is 26.7 Å². The molecule has 1 aromatic carbocycles. The Hall–Kier alpha value is -1.06. The average Bonchev–Trinajstić information content (AvgIpc) is 2.40. The van der Waals surface area contributed by atoms with Crippen LogP contribution in [0.2, 0.25) is 0 Å². The minimum Gasteiger partial charge on any atom is -0.396 e. The van der Waals surface area contributed by atoms with Crippen LogP contribution in [0.3, 0.4) is 0 Å². The van der Waals surface area contributed by atoms with E-state index in [2.05, 4.69) is 48.0 Å². The van der Waals surface area contributed by atoms with E-state index in [1.807, 2.05) is 0 Å². The number of hydrogen-bond donors (Lipinski definition) is 1. The lowest BCUT2D eigenvalue weighted by Crippen LogP contribution is -2.52. The highest BCUT2D eigenvalue weighted by molar-refractivity contribution is 5.49. The lowest BCUT2D eigenvalue weighted by atomic mass is 10.1. The molecule has 0 bridgehead atoms. The van der Waals surface area contributed by atoms with Gasteiger partial charge < -0.3 is 14.9 Å². The van der Waals surface area contributed by atoms with Crippen LogP contribution in [0, 0.1) is 0 Å². The van der Waals surface area contributed by atoms with Crippen LogP contribution in [0.25, 0.3) is 0 Å². The first-order valence-electron chi connectivity index (χ1n) is 6.89. The van der Waals surface area contributed by atoms with Crippen LogP contribution in [0.1, 0.15) is 18.9 Å². The maximum absolute atomic E-state index is 9.21. The summed E-state index contributed by atoms with van der Waals surface area (Å²) in [5.41, 5.74) is 2.67. The predicted molar refractivity (Wildman–Crippen MR) is 76.2 cm³/mol. The Morgan fingerprint density at radius 3 is 2.56 bits per heavy atom. The molecule has 1 atom stereocenters. The summed E-state index contributed by atoms with van der Waals surface area (Å²) in [6.07, 6.45) is 1.93. The highest BCUT2D eigenvalue weighted by Gasteiger charge is 2.24. The van der Waals surface area contributed by atoms with Gasteiger partial charge in [-0.05, 0) is 37.6 Å². The van der Waals surface area contributed by atoms with Crippen molar-refractivity contribution < 1.29 is 5.11 Å². The van der Waals surface area contributed by atoms with Gasteiger partial charge in [-0.15, -0.1) is 0 Å². The number of benzene rings is 1. The molecule has 1 saturated heterocycles. The van der Waals surface area contributed by atoms with Gasteiger partial charge in [0.15, 0.2) is 0 Å². The van der Waals surface area contributed by atoms with Gasteiger partial charge in [-0.3, -0.25) is 0 Å². The zero-order chi connectivity index (χ0) is 13.0. The third kappa shape index (κ3) is 3.03. The number of aliphatic hydroxyl groups is 1. The minimum absolute atomic E-state index is 0.266. The first-order valence-corrected chi connectivity index (χ1v) is 6.89. The molecule has 1 unspecified atom stereocenters. The van der Waals surface area contributed by atoms with Crippen LogP contribution in [0.4, 0.5) is 5.69 Å². The van der Waals surface area contributed by atoms with Gasteiger partial charge in [0.05, 0.1) is 0 Å². The van der Waals surface area contributed by atoms with E-state index in [0.717, 1.165) is 32.5 Å². The van der Waals surface area contributed by atoms with Gasteiger partial charge in [-0.1, -0.05) is 19.1 Å². The number of aryl methyl sites for hydroxylation is 1. The molecule has 0 aliphatic carbocycles. The summed E-state index contributed by atoms with van der Waals surface area (Å²) >= 11 is 0. The summed E-state index contributed by atoms with van der Waals surface area (Å²) < 4.78 is 0. The molecule has 18 heavy (non-hydrogen) atoms. The number of aliphatic hydroxyl groups excluding tert-OH is 1. The van der Waals surface area contributed by atoms with Crippen LogP contribution in [0.15, 0.2) is 24.3 Å². The highest BCUT2D eigenvalue weighted by atomic mass is 16.3. The number of piperazine rings is 1. The van der Waals surface area contributed by atoms with E-state index in [1.54, 1.807) is 0 Å². The molecule has 0 aromatic heterocycles. The normalized spacial score (nSPS) is 21.3. The van der Waals surface area contributed by atoms with Crippen LogP contribution >= 0.6 is 0 Å². The van der Waals surface area contributed by atoms with Crippen molar-refractivity contribution in [3.05, 3.63) is 29.8 Å². The summed E-state index contributed by atoms with van der Waals surface area (Å²) in [4.78, 5) is 4.78. The molecular formula is C15H24N2O. The van der Waals surface area contributed by atoms with Crippen molar-refractivity contribution in [3.8, 4) is 0 Å². The lowest BCUT2D eigenvalue weighted by molar-refractivity contribution is 0.219. The van der Waals surface area contributed by atoms with E-state index >= 15 is 0 Å². The number of rotatable bonds is 4. The molecule has 1 fully saturated rings. The third-order valence-electron chi connectivity index (χ3n) is 3.82. The molecule has 100 valence electrons. The van der Waals surface area contributed by atoms with E-state index in [1.165, 1.54) is 11.3 Å². The fourth-order valence-electron chi connectivity index (χ4n) is 2.67. The molecule has 2 rings (SSSR count). The first kappa shape index (κ1) is 13.4. The lowest BCUT2D eigenvalue weighted by Gasteiger charge is -2.41. The number of hydrogen-bond acceptors (Lipinski definition) is 3. The van der Waals surface area contributed by atoms with Crippen LogP contribution < -0.4 is 4.90 Å². The predicted octanol–water partition coefficient (Wildman–Crippen LogP) is 1.75. The fraction of sp³-hybridized carbons (Fsp3) is 0.600. The Kier molecular flexibility index (Phi) is 4.61. The molecule has 1 aliphatic heterocycles. The molecule has 0 amide bonds. The van der Waals surface area contributed by atoms with E-state index in [-0.39, 0.29) is 6.61 Å². The zero-order valence-electron chi connectivity index (χ0n) is 11.5. The minimum atomic E-state index is 0.266. The van der Waals surface area contributed by atoms with Crippen molar-refractivity contribution in [1.29, 1.82) is 0 Å². The summed E-state index contributed by atoms with van der Waals surface area (Å²) in [7, 11) is 2.15. The van der Waals surface area contributed by atoms with Gasteiger partial charge in [0.25, 0.3) is 0 Å². The van der Waals surface area contributed by atoms with Gasteiger partial charge in [0.2, 0.25) is 0 Å². The molecule has 0 spiro atoms. The molecule has 1 aromatic rings. The quantitative estimate of drug-likeness (QED) is 0.879. The summed E-state index contributed by atoms with van der Waals surface area (Å²) in [5, 5.41) is 9.21. The second kappa shape index (κ2) is 6.21. The Balaban J connectivity index is 2.12. The van der Waals surface area contributed by atoms with Gasteiger partial charge in [0.1, 0.15) is 0 Å². The van der Waals surface area contributed by atoms with Crippen molar-refractivity contribution in [2.75, 3.05) is 38.2 Å². The highest BCUT2D eigenvalue weighted by Crippen LogP contribution is 2.22. The second-order valence-corrected chi connectivity index (χ2v) is 5.14. The summed E-state index contributed by atoms with van der Waals surface area (Å²) in [5.74, 6) is 0. The monoisotopic (exact) mass is 248 g/mol. The molecule has 1 aliphatic rings. The summed E-state index contributed by atoms with van der Waals surface area (Å²) in [6, 6.07) is 9.29. The Labute approximate surface area is 110 Å². The second-order valence-electron chi connectivity index (χ2n) is 5.14. The molecule has 1 N–H and O–H groups in total. The van der Waals surface area contributed by atoms with Gasteiger partial charge in [-0.25, -0.2) is 0 Å². The van der Waals surface area contributed by atoms with E-state index in [0.29, 0.717) is 6.04 Å². The fourth-order valence-corrected chi connectivity index (χ4v) is 2.67. The molecule has 3 heteroatoms. The Morgan fingerprint density at radius 1 is 1.22 bits per heavy atom. The van der Waals surface area contributed by atoms with Gasteiger partial charge >= 0.3 is 0 Å². The van der Waals surface area contributed by atoms with Crippen molar-refractivity contribution in [3.63, 3.8) is 0 Å². The van der Waals surface area contributed by atoms with Crippen LogP contribution in [-0.2, 0) is 6.42 Å². The largest absolute Gasteiger partial charge is 0.396 e. The van der Waals surface area contributed by atoms with Gasteiger partial charge in [-0.2, -0.15) is 0 Å². The molecule has 0 saturated carbocycles. The Morgan fingerprint density at radius 2 is 1.94 bits per heavy atom. The molecule has 3 nitrogen and oxygen atoms in total. The van der Waals surface area contributed by atoms with E-state index in [4.69, 9.17) is 0 Å². The van der Waals surface area contributed by atoms with Crippen LogP contribution in [0.5, 0.6) is 0 Å². The van der Waals surface area contributed by atoms with E-state index < -0.39 is 0 Å². The molecular weight excluding hydrogens is 224 g/mol. The first-order chi connectivity index (χ1) is 8.74. The SMILES string of the molecule is CCc1ccc(N2CCN(C)CC2CCO)cc1. The smallest absolute Gasteiger partial charge is 0.0451 e. The molecule has 0 radical (unpaired) electrons. The standard InChI is InChI=1S/C15H24N2O/c1-3-13-4-6-14(7-5-13)17-10-9-16(2)12-15(17)8-11-18/h4-7,15,18H,3,8-12H2,1-2H3. The zero-order valence-corrected chi connectivity index (χ0v) is 11.5. The van der Waals surface area contributed by atoms with Crippen LogP contribution in [-0.4, -0.2) is 49.3 Å².